The maximum Gasteiger partial charge on any atom is 0.280 e. The molecule has 0 saturated heterocycles. The lowest BCUT2D eigenvalue weighted by atomic mass is 10.1. The lowest BCUT2D eigenvalue weighted by Crippen LogP contribution is -2.21. The largest absolute Gasteiger partial charge is 0.317 e. The summed E-state index contributed by atoms with van der Waals surface area (Å²) >= 11 is 12.1. The van der Waals surface area contributed by atoms with Gasteiger partial charge in [0.05, 0.1) is 21.9 Å². The number of carbonyl (C=O) groups excluding carboxylic acids is 1. The van der Waals surface area contributed by atoms with Gasteiger partial charge in [0, 0.05) is 27.6 Å². The highest BCUT2D eigenvalue weighted by molar-refractivity contribution is 7.89. The summed E-state index contributed by atoms with van der Waals surface area (Å²) in [7, 11) is -3.78. The van der Waals surface area contributed by atoms with Crippen molar-refractivity contribution in [3.63, 3.8) is 0 Å². The Bertz CT molecular complexity index is 1340. The number of nitrogens with zero attached hydrogens (tertiary/aromatic N) is 3. The summed E-state index contributed by atoms with van der Waals surface area (Å²) < 4.78 is 24.8. The minimum absolute atomic E-state index is 0.0214. The number of rotatable bonds is 4. The second-order valence-corrected chi connectivity index (χ2v) is 9.26. The Labute approximate surface area is 189 Å². The second-order valence-electron chi connectivity index (χ2n) is 6.83. The molecular formula is C21H16Cl2N4O3S. The van der Waals surface area contributed by atoms with Crippen LogP contribution in [0.4, 0.5) is 5.69 Å². The third-order valence-electron chi connectivity index (χ3n) is 4.67. The first kappa shape index (κ1) is 21.3. The number of carbonyl (C=O) groups is 1. The maximum absolute atomic E-state index is 13.0. The molecule has 2 aromatic carbocycles. The van der Waals surface area contributed by atoms with Gasteiger partial charge in [-0.2, -0.15) is 10.1 Å². The first-order chi connectivity index (χ1) is 14.6. The van der Waals surface area contributed by atoms with E-state index in [4.69, 9.17) is 28.3 Å². The molecule has 2 N–H and O–H groups in total. The predicted molar refractivity (Wildman–Crippen MR) is 122 cm³/mol. The molecule has 158 valence electrons. The van der Waals surface area contributed by atoms with E-state index < -0.39 is 10.0 Å². The first-order valence-corrected chi connectivity index (χ1v) is 11.3. The van der Waals surface area contributed by atoms with Gasteiger partial charge in [0.2, 0.25) is 10.0 Å². The van der Waals surface area contributed by atoms with Crippen LogP contribution < -0.4 is 10.1 Å². The Hall–Kier alpha value is -2.91. The van der Waals surface area contributed by atoms with Crippen LogP contribution in [-0.4, -0.2) is 24.6 Å². The van der Waals surface area contributed by atoms with Crippen LogP contribution in [-0.2, 0) is 14.8 Å². The minimum Gasteiger partial charge on any atom is -0.317 e. The molecule has 10 heteroatoms. The quantitative estimate of drug-likeness (QED) is 0.572. The lowest BCUT2D eigenvalue weighted by molar-refractivity contribution is -0.114. The number of hydrogen-bond donors (Lipinski definition) is 1. The van der Waals surface area contributed by atoms with E-state index in [0.717, 1.165) is 0 Å². The van der Waals surface area contributed by atoms with E-state index in [-0.39, 0.29) is 10.8 Å². The van der Waals surface area contributed by atoms with E-state index in [1.807, 2.05) is 16.7 Å². The van der Waals surface area contributed by atoms with E-state index in [1.54, 1.807) is 49.5 Å². The SMILES string of the molecule is CC1=NN(c2cc(Cl)cc(Cl)c2)C(=O)/C1=C\c1cccn1-c1ccc(S(N)(=O)=O)cc1. The molecule has 3 aromatic rings. The fourth-order valence-electron chi connectivity index (χ4n) is 3.21. The van der Waals surface area contributed by atoms with Gasteiger partial charge < -0.3 is 4.57 Å². The van der Waals surface area contributed by atoms with Crippen LogP contribution in [0.5, 0.6) is 0 Å². The van der Waals surface area contributed by atoms with Gasteiger partial charge in [0.15, 0.2) is 0 Å². The van der Waals surface area contributed by atoms with Gasteiger partial charge in [-0.3, -0.25) is 4.79 Å². The zero-order valence-corrected chi connectivity index (χ0v) is 18.5. The summed E-state index contributed by atoms with van der Waals surface area (Å²) in [5.74, 6) is -0.312. The van der Waals surface area contributed by atoms with Crippen molar-refractivity contribution in [1.82, 2.24) is 4.57 Å². The van der Waals surface area contributed by atoms with E-state index in [2.05, 4.69) is 5.10 Å². The fourth-order valence-corrected chi connectivity index (χ4v) is 4.24. The van der Waals surface area contributed by atoms with Crippen molar-refractivity contribution >= 4 is 56.6 Å². The number of benzene rings is 2. The Balaban J connectivity index is 1.68. The van der Waals surface area contributed by atoms with Crippen LogP contribution in [0.1, 0.15) is 12.6 Å². The zero-order valence-electron chi connectivity index (χ0n) is 16.2. The topological polar surface area (TPSA) is 97.8 Å². The molecule has 1 aliphatic rings. The highest BCUT2D eigenvalue weighted by Gasteiger charge is 2.29. The van der Waals surface area contributed by atoms with E-state index in [0.29, 0.717) is 38.4 Å². The van der Waals surface area contributed by atoms with Crippen molar-refractivity contribution in [1.29, 1.82) is 0 Å². The molecule has 0 bridgehead atoms. The van der Waals surface area contributed by atoms with Crippen LogP contribution in [0.25, 0.3) is 11.8 Å². The van der Waals surface area contributed by atoms with Gasteiger partial charge in [0.25, 0.3) is 5.91 Å². The third kappa shape index (κ3) is 4.28. The molecule has 1 aliphatic heterocycles. The van der Waals surface area contributed by atoms with Gasteiger partial charge in [0.1, 0.15) is 0 Å². The number of primary sulfonamides is 1. The van der Waals surface area contributed by atoms with Crippen LogP contribution in [0.2, 0.25) is 10.0 Å². The minimum atomic E-state index is -3.78. The Morgan fingerprint density at radius 2 is 1.65 bits per heavy atom. The first-order valence-electron chi connectivity index (χ1n) is 9.02. The van der Waals surface area contributed by atoms with Crippen molar-refractivity contribution in [2.75, 3.05) is 5.01 Å². The molecule has 0 atom stereocenters. The summed E-state index contributed by atoms with van der Waals surface area (Å²) in [5, 5.41) is 11.6. The number of nitrogens with two attached hydrogens (primary N) is 1. The molecule has 2 heterocycles. The molecule has 0 aliphatic carbocycles. The normalized spacial score (nSPS) is 15.6. The van der Waals surface area contributed by atoms with E-state index >= 15 is 0 Å². The molecule has 0 unspecified atom stereocenters. The van der Waals surface area contributed by atoms with Crippen molar-refractivity contribution < 1.29 is 13.2 Å². The Kier molecular flexibility index (Phi) is 5.49. The zero-order chi connectivity index (χ0) is 22.3. The van der Waals surface area contributed by atoms with Gasteiger partial charge in [-0.25, -0.2) is 13.6 Å². The molecule has 0 saturated carbocycles. The number of halogens is 2. The van der Waals surface area contributed by atoms with Gasteiger partial charge >= 0.3 is 0 Å². The Morgan fingerprint density at radius 3 is 2.26 bits per heavy atom. The molecule has 0 radical (unpaired) electrons. The van der Waals surface area contributed by atoms with Crippen LogP contribution in [0.15, 0.2) is 76.4 Å². The average Bonchev–Trinajstić information content (AvgIpc) is 3.27. The third-order valence-corrected chi connectivity index (χ3v) is 6.04. The monoisotopic (exact) mass is 474 g/mol. The van der Waals surface area contributed by atoms with Gasteiger partial charge in [-0.1, -0.05) is 23.2 Å². The Morgan fingerprint density at radius 1 is 1.00 bits per heavy atom. The number of amides is 1. The standard InChI is InChI=1S/C21H16Cl2N4O3S/c1-13-20(21(28)27(25-13)18-10-14(22)9-15(23)11-18)12-17-3-2-8-26(17)16-4-6-19(7-5-16)31(24,29)30/h2-12H,1H3,(H2,24,29,30)/b20-12-. The highest BCUT2D eigenvalue weighted by Crippen LogP contribution is 2.30. The summed E-state index contributed by atoms with van der Waals surface area (Å²) in [6.07, 6.45) is 3.53. The molecule has 31 heavy (non-hydrogen) atoms. The summed E-state index contributed by atoms with van der Waals surface area (Å²) in [4.78, 5) is 13.1. The van der Waals surface area contributed by atoms with Crippen molar-refractivity contribution in [2.24, 2.45) is 10.2 Å². The molecule has 7 nitrogen and oxygen atoms in total. The highest BCUT2D eigenvalue weighted by atomic mass is 35.5. The predicted octanol–water partition coefficient (Wildman–Crippen LogP) is 4.24. The summed E-state index contributed by atoms with van der Waals surface area (Å²) in [6, 6.07) is 14.6. The molecule has 0 spiro atoms. The maximum atomic E-state index is 13.0. The van der Waals surface area contributed by atoms with Crippen molar-refractivity contribution in [3.8, 4) is 5.69 Å². The van der Waals surface area contributed by atoms with E-state index in [9.17, 15) is 13.2 Å². The average molecular weight is 475 g/mol. The lowest BCUT2D eigenvalue weighted by Gasteiger charge is -2.12. The van der Waals surface area contributed by atoms with Gasteiger partial charge in [-0.15, -0.1) is 0 Å². The molecular weight excluding hydrogens is 459 g/mol. The van der Waals surface area contributed by atoms with Crippen molar-refractivity contribution in [3.05, 3.63) is 82.1 Å². The molecule has 0 fully saturated rings. The summed E-state index contributed by atoms with van der Waals surface area (Å²) in [5.41, 5.74) is 2.85. The van der Waals surface area contributed by atoms with E-state index in [1.165, 1.54) is 17.1 Å². The molecule has 1 amide bonds. The van der Waals surface area contributed by atoms with Gasteiger partial charge in [-0.05, 0) is 67.6 Å². The van der Waals surface area contributed by atoms with Crippen LogP contribution >= 0.6 is 23.2 Å². The number of anilines is 1. The van der Waals surface area contributed by atoms with Crippen molar-refractivity contribution in [2.45, 2.75) is 11.8 Å². The number of hydrogen-bond acceptors (Lipinski definition) is 4. The second kappa shape index (κ2) is 7.97. The fraction of sp³-hybridized carbons (Fsp3) is 0.0476. The number of hydrazone groups is 1. The molecule has 1 aromatic heterocycles. The van der Waals surface area contributed by atoms with Crippen LogP contribution in [0.3, 0.4) is 0 Å². The summed E-state index contributed by atoms with van der Waals surface area (Å²) in [6.45, 7) is 1.74. The van der Waals surface area contributed by atoms with Crippen LogP contribution in [0, 0.1) is 0 Å². The smallest absolute Gasteiger partial charge is 0.280 e. The molecule has 4 rings (SSSR count). The number of sulfonamides is 1. The number of aromatic nitrogens is 1.